The molecule has 1 rings (SSSR count). The van der Waals surface area contributed by atoms with Gasteiger partial charge in [0.1, 0.15) is 0 Å². The number of nitrogens with zero attached hydrogens (tertiary/aromatic N) is 1. The minimum atomic E-state index is -0.206. The molecule has 1 aliphatic rings. The van der Waals surface area contributed by atoms with E-state index in [2.05, 4.69) is 20.8 Å². The van der Waals surface area contributed by atoms with Crippen LogP contribution in [0.15, 0.2) is 0 Å². The van der Waals surface area contributed by atoms with Crippen molar-refractivity contribution in [2.24, 2.45) is 5.41 Å². The fraction of sp³-hybridized carbons (Fsp3) is 0.933. The van der Waals surface area contributed by atoms with Gasteiger partial charge in [0.15, 0.2) is 0 Å². The van der Waals surface area contributed by atoms with Crippen molar-refractivity contribution in [3.8, 4) is 0 Å². The Hall–Kier alpha value is -0.570. The highest BCUT2D eigenvalue weighted by Gasteiger charge is 2.36. The Kier molecular flexibility index (Phi) is 6.13. The van der Waals surface area contributed by atoms with E-state index in [4.69, 9.17) is 0 Å². The van der Waals surface area contributed by atoms with Crippen molar-refractivity contribution >= 4 is 5.91 Å². The molecule has 0 aromatic heterocycles. The lowest BCUT2D eigenvalue weighted by Crippen LogP contribution is -2.47. The smallest absolute Gasteiger partial charge is 0.228 e. The monoisotopic (exact) mass is 255 g/mol. The summed E-state index contributed by atoms with van der Waals surface area (Å²) in [6.45, 7) is 7.90. The van der Waals surface area contributed by atoms with E-state index in [1.54, 1.807) is 0 Å². The molecule has 0 aliphatic carbocycles. The zero-order valence-corrected chi connectivity index (χ0v) is 12.2. The van der Waals surface area contributed by atoms with Gasteiger partial charge in [-0.25, -0.2) is 0 Å². The first-order valence-corrected chi connectivity index (χ1v) is 7.51. The van der Waals surface area contributed by atoms with Crippen LogP contribution in [0, 0.1) is 5.41 Å². The Bertz CT molecular complexity index is 259. The zero-order valence-electron chi connectivity index (χ0n) is 12.2. The van der Waals surface area contributed by atoms with Crippen LogP contribution in [0.4, 0.5) is 0 Å². The maximum absolute atomic E-state index is 12.7. The molecular weight excluding hydrogens is 226 g/mol. The van der Waals surface area contributed by atoms with Gasteiger partial charge >= 0.3 is 0 Å². The quantitative estimate of drug-likeness (QED) is 0.792. The van der Waals surface area contributed by atoms with Crippen molar-refractivity contribution in [2.45, 2.75) is 71.8 Å². The Morgan fingerprint density at radius 2 is 1.83 bits per heavy atom. The number of hydrogen-bond acceptors (Lipinski definition) is 2. The summed E-state index contributed by atoms with van der Waals surface area (Å²) in [5, 5.41) is 9.52. The summed E-state index contributed by atoms with van der Waals surface area (Å²) in [7, 11) is 0. The third kappa shape index (κ3) is 3.98. The van der Waals surface area contributed by atoms with Crippen molar-refractivity contribution in [1.82, 2.24) is 4.90 Å². The molecule has 106 valence electrons. The number of rotatable bonds is 6. The number of carbonyl (C=O) groups is 1. The van der Waals surface area contributed by atoms with Gasteiger partial charge in [0.05, 0.1) is 6.10 Å². The Labute approximate surface area is 112 Å². The second-order valence-electron chi connectivity index (χ2n) is 5.94. The molecule has 18 heavy (non-hydrogen) atoms. The van der Waals surface area contributed by atoms with Crippen molar-refractivity contribution in [3.63, 3.8) is 0 Å². The Morgan fingerprint density at radius 1 is 1.22 bits per heavy atom. The maximum atomic E-state index is 12.7. The lowest BCUT2D eigenvalue weighted by molar-refractivity contribution is -0.144. The molecule has 0 bridgehead atoms. The van der Waals surface area contributed by atoms with E-state index in [1.165, 1.54) is 0 Å². The minimum absolute atomic E-state index is 0.187. The molecule has 1 saturated heterocycles. The molecule has 1 fully saturated rings. The number of hydrogen-bond donors (Lipinski definition) is 1. The minimum Gasteiger partial charge on any atom is -0.393 e. The van der Waals surface area contributed by atoms with Crippen LogP contribution in [-0.4, -0.2) is 35.1 Å². The summed E-state index contributed by atoms with van der Waals surface area (Å²) in [5.41, 5.74) is -0.187. The van der Waals surface area contributed by atoms with E-state index in [0.29, 0.717) is 5.91 Å². The highest BCUT2D eigenvalue weighted by Crippen LogP contribution is 2.33. The first-order valence-electron chi connectivity index (χ1n) is 7.51. The number of aliphatic hydroxyl groups is 1. The zero-order chi connectivity index (χ0) is 13.6. The summed E-state index contributed by atoms with van der Waals surface area (Å²) in [6, 6.07) is 0. The molecular formula is C15H29NO2. The first kappa shape index (κ1) is 15.5. The van der Waals surface area contributed by atoms with Gasteiger partial charge in [0.2, 0.25) is 5.91 Å². The molecule has 0 spiro atoms. The van der Waals surface area contributed by atoms with Crippen molar-refractivity contribution in [1.29, 1.82) is 0 Å². The van der Waals surface area contributed by atoms with Crippen molar-refractivity contribution < 1.29 is 9.90 Å². The summed E-state index contributed by atoms with van der Waals surface area (Å²) in [6.07, 6.45) is 6.57. The van der Waals surface area contributed by atoms with Gasteiger partial charge in [0, 0.05) is 18.5 Å². The van der Waals surface area contributed by atoms with E-state index in [-0.39, 0.29) is 11.5 Å². The number of amides is 1. The molecule has 0 saturated carbocycles. The fourth-order valence-electron chi connectivity index (χ4n) is 2.91. The van der Waals surface area contributed by atoms with Gasteiger partial charge in [-0.15, -0.1) is 0 Å². The second kappa shape index (κ2) is 7.13. The SMILES string of the molecule is CCCCC(C)(CCC)C(=O)N1CCC(O)CC1. The summed E-state index contributed by atoms with van der Waals surface area (Å²) in [5.74, 6) is 0.310. The number of unbranched alkanes of at least 4 members (excludes halogenated alkanes) is 1. The summed E-state index contributed by atoms with van der Waals surface area (Å²) in [4.78, 5) is 14.6. The Balaban J connectivity index is 2.63. The third-order valence-corrected chi connectivity index (χ3v) is 4.15. The highest BCUT2D eigenvalue weighted by molar-refractivity contribution is 5.82. The molecule has 0 aromatic rings. The van der Waals surface area contributed by atoms with Crippen LogP contribution in [0.2, 0.25) is 0 Å². The lowest BCUT2D eigenvalue weighted by atomic mass is 9.79. The summed E-state index contributed by atoms with van der Waals surface area (Å²) >= 11 is 0. The third-order valence-electron chi connectivity index (χ3n) is 4.15. The normalized spacial score (nSPS) is 20.8. The van der Waals surface area contributed by atoms with E-state index in [0.717, 1.165) is 58.0 Å². The predicted octanol–water partition coefficient (Wildman–Crippen LogP) is 2.97. The Morgan fingerprint density at radius 3 is 2.33 bits per heavy atom. The molecule has 1 aliphatic heterocycles. The number of aliphatic hydroxyl groups excluding tert-OH is 1. The van der Waals surface area contributed by atoms with E-state index >= 15 is 0 Å². The highest BCUT2D eigenvalue weighted by atomic mass is 16.3. The second-order valence-corrected chi connectivity index (χ2v) is 5.94. The molecule has 0 radical (unpaired) electrons. The van der Waals surface area contributed by atoms with E-state index in [1.807, 2.05) is 4.90 Å². The predicted molar refractivity (Wildman–Crippen MR) is 74.4 cm³/mol. The summed E-state index contributed by atoms with van der Waals surface area (Å²) < 4.78 is 0. The van der Waals surface area contributed by atoms with Crippen molar-refractivity contribution in [2.75, 3.05) is 13.1 Å². The molecule has 1 amide bonds. The standard InChI is InChI=1S/C15H29NO2/c1-4-6-10-15(3,9-5-2)14(18)16-11-7-13(17)8-12-16/h13,17H,4-12H2,1-3H3. The van der Waals surface area contributed by atoms with Crippen LogP contribution in [0.5, 0.6) is 0 Å². The van der Waals surface area contributed by atoms with Gasteiger partial charge in [-0.3, -0.25) is 4.79 Å². The van der Waals surface area contributed by atoms with Crippen molar-refractivity contribution in [3.05, 3.63) is 0 Å². The van der Waals surface area contributed by atoms with Gasteiger partial charge in [-0.05, 0) is 25.7 Å². The first-order chi connectivity index (χ1) is 8.53. The average Bonchev–Trinajstić information content (AvgIpc) is 2.37. The molecule has 1 heterocycles. The lowest BCUT2D eigenvalue weighted by Gasteiger charge is -2.37. The fourth-order valence-corrected chi connectivity index (χ4v) is 2.91. The largest absolute Gasteiger partial charge is 0.393 e. The van der Waals surface area contributed by atoms with Gasteiger partial charge < -0.3 is 10.0 Å². The van der Waals surface area contributed by atoms with E-state index in [9.17, 15) is 9.90 Å². The molecule has 0 aromatic carbocycles. The number of likely N-dealkylation sites (tertiary alicyclic amines) is 1. The van der Waals surface area contributed by atoms with Crippen LogP contribution in [0.1, 0.15) is 65.7 Å². The average molecular weight is 255 g/mol. The number of carbonyl (C=O) groups excluding carboxylic acids is 1. The molecule has 1 N–H and O–H groups in total. The van der Waals surface area contributed by atoms with Crippen LogP contribution in [0.3, 0.4) is 0 Å². The van der Waals surface area contributed by atoms with Gasteiger partial charge in [-0.2, -0.15) is 0 Å². The van der Waals surface area contributed by atoms with Crippen LogP contribution >= 0.6 is 0 Å². The van der Waals surface area contributed by atoms with Gasteiger partial charge in [-0.1, -0.05) is 40.0 Å². The van der Waals surface area contributed by atoms with Gasteiger partial charge in [0.25, 0.3) is 0 Å². The van der Waals surface area contributed by atoms with Crippen LogP contribution in [-0.2, 0) is 4.79 Å². The van der Waals surface area contributed by atoms with E-state index < -0.39 is 0 Å². The molecule has 3 heteroatoms. The molecule has 1 unspecified atom stereocenters. The van der Waals surface area contributed by atoms with Crippen LogP contribution in [0.25, 0.3) is 0 Å². The molecule has 1 atom stereocenters. The maximum Gasteiger partial charge on any atom is 0.228 e. The topological polar surface area (TPSA) is 40.5 Å². The number of piperidine rings is 1. The van der Waals surface area contributed by atoms with Crippen LogP contribution < -0.4 is 0 Å². The molecule has 3 nitrogen and oxygen atoms in total.